The third kappa shape index (κ3) is 0.882. The third-order valence-electron chi connectivity index (χ3n) is 1.90. The van der Waals surface area contributed by atoms with Gasteiger partial charge in [-0.1, -0.05) is 0 Å². The number of aromatic amines is 1. The van der Waals surface area contributed by atoms with Gasteiger partial charge in [0.25, 0.3) is 5.56 Å². The Morgan fingerprint density at radius 3 is 3.23 bits per heavy atom. The lowest BCUT2D eigenvalue weighted by molar-refractivity contribution is 1.18. The summed E-state index contributed by atoms with van der Waals surface area (Å²) in [6.45, 7) is 0. The zero-order valence-corrected chi connectivity index (χ0v) is 8.04. The predicted octanol–water partition coefficient (Wildman–Crippen LogP) is 2.20. The summed E-state index contributed by atoms with van der Waals surface area (Å²) in [5.41, 5.74) is 0.779. The zero-order valence-electron chi connectivity index (χ0n) is 6.40. The molecule has 0 amide bonds. The molecule has 0 saturated heterocycles. The van der Waals surface area contributed by atoms with Gasteiger partial charge in [0.05, 0.1) is 11.8 Å². The van der Waals surface area contributed by atoms with Crippen molar-refractivity contribution < 1.29 is 0 Å². The van der Waals surface area contributed by atoms with Crippen molar-refractivity contribution in [2.75, 3.05) is 0 Å². The molecule has 0 fully saturated rings. The maximum Gasteiger partial charge on any atom is 0.268 e. The molecular weight excluding hydrogens is 204 g/mol. The maximum absolute atomic E-state index is 11.4. The molecule has 5 heteroatoms. The number of H-pyrrole nitrogens is 1. The summed E-state index contributed by atoms with van der Waals surface area (Å²) >= 11 is 3.14. The van der Waals surface area contributed by atoms with Crippen LogP contribution in [-0.4, -0.2) is 9.97 Å². The Morgan fingerprint density at radius 1 is 1.38 bits per heavy atom. The zero-order chi connectivity index (χ0) is 8.84. The highest BCUT2D eigenvalue weighted by Gasteiger charge is 2.08. The molecule has 3 aromatic rings. The van der Waals surface area contributed by atoms with Gasteiger partial charge in [-0.05, 0) is 0 Å². The van der Waals surface area contributed by atoms with Crippen molar-refractivity contribution in [2.45, 2.75) is 0 Å². The molecule has 0 atom stereocenters. The molecule has 0 unspecified atom stereocenters. The summed E-state index contributed by atoms with van der Waals surface area (Å²) in [6.07, 6.45) is 1.45. The molecule has 3 aromatic heterocycles. The number of nitrogens with one attached hydrogen (secondary N) is 1. The van der Waals surface area contributed by atoms with Crippen molar-refractivity contribution >= 4 is 43.0 Å². The molecule has 0 aliphatic heterocycles. The van der Waals surface area contributed by atoms with Crippen LogP contribution in [0.5, 0.6) is 0 Å². The normalized spacial score (nSPS) is 11.4. The standard InChI is InChI=1S/C8H4N2OS2/c11-8-7-6(9-3-10-8)4-1-12-2-5(4)13-7/h1-3H,(H,9,10,11). The van der Waals surface area contributed by atoms with E-state index in [-0.39, 0.29) is 5.56 Å². The highest BCUT2D eigenvalue weighted by molar-refractivity contribution is 7.28. The minimum Gasteiger partial charge on any atom is -0.312 e. The molecule has 0 aliphatic carbocycles. The molecule has 64 valence electrons. The molecule has 0 aromatic carbocycles. The molecule has 1 N–H and O–H groups in total. The second-order valence-electron chi connectivity index (χ2n) is 2.66. The van der Waals surface area contributed by atoms with Crippen molar-refractivity contribution in [2.24, 2.45) is 0 Å². The van der Waals surface area contributed by atoms with Gasteiger partial charge in [0.1, 0.15) is 4.70 Å². The number of aromatic nitrogens is 2. The first-order chi connectivity index (χ1) is 6.36. The maximum atomic E-state index is 11.4. The molecule has 0 spiro atoms. The number of fused-ring (bicyclic) bond motifs is 3. The van der Waals surface area contributed by atoms with Crippen molar-refractivity contribution in [1.82, 2.24) is 9.97 Å². The molecule has 0 saturated carbocycles. The van der Waals surface area contributed by atoms with Gasteiger partial charge >= 0.3 is 0 Å². The topological polar surface area (TPSA) is 45.8 Å². The van der Waals surface area contributed by atoms with Crippen molar-refractivity contribution in [3.05, 3.63) is 27.4 Å². The summed E-state index contributed by atoms with van der Waals surface area (Å²) in [7, 11) is 0. The Hall–Kier alpha value is -1.20. The smallest absolute Gasteiger partial charge is 0.268 e. The fourth-order valence-electron chi connectivity index (χ4n) is 1.32. The van der Waals surface area contributed by atoms with Crippen molar-refractivity contribution in [3.8, 4) is 0 Å². The predicted molar refractivity (Wildman–Crippen MR) is 55.6 cm³/mol. The van der Waals surface area contributed by atoms with Crippen LogP contribution in [0.2, 0.25) is 0 Å². The quantitative estimate of drug-likeness (QED) is 0.615. The Labute approximate surface area is 80.7 Å². The van der Waals surface area contributed by atoms with E-state index in [2.05, 4.69) is 9.97 Å². The van der Waals surface area contributed by atoms with Gasteiger partial charge in [-0.15, -0.1) is 11.3 Å². The Morgan fingerprint density at radius 2 is 2.31 bits per heavy atom. The van der Waals surface area contributed by atoms with E-state index in [0.29, 0.717) is 0 Å². The van der Waals surface area contributed by atoms with Gasteiger partial charge in [0.2, 0.25) is 0 Å². The summed E-state index contributed by atoms with van der Waals surface area (Å²) in [5, 5.41) is 5.16. The molecule has 3 nitrogen and oxygen atoms in total. The third-order valence-corrected chi connectivity index (χ3v) is 3.94. The van der Waals surface area contributed by atoms with Crippen molar-refractivity contribution in [1.29, 1.82) is 0 Å². The van der Waals surface area contributed by atoms with Gasteiger partial charge in [-0.3, -0.25) is 4.79 Å². The second-order valence-corrected chi connectivity index (χ2v) is 4.46. The average Bonchev–Trinajstić information content (AvgIpc) is 2.65. The highest BCUT2D eigenvalue weighted by atomic mass is 32.1. The molecule has 0 bridgehead atoms. The molecule has 0 aliphatic rings. The Bertz CT molecular complexity index is 634. The second kappa shape index (κ2) is 2.40. The highest BCUT2D eigenvalue weighted by Crippen LogP contribution is 2.32. The van der Waals surface area contributed by atoms with E-state index in [1.54, 1.807) is 11.3 Å². The van der Waals surface area contributed by atoms with Gasteiger partial charge < -0.3 is 4.98 Å². The van der Waals surface area contributed by atoms with E-state index in [1.807, 2.05) is 10.8 Å². The van der Waals surface area contributed by atoms with Crippen LogP contribution in [0.15, 0.2) is 21.9 Å². The van der Waals surface area contributed by atoms with Crippen LogP contribution in [0, 0.1) is 0 Å². The van der Waals surface area contributed by atoms with E-state index in [0.717, 1.165) is 20.3 Å². The van der Waals surface area contributed by atoms with Crippen LogP contribution in [0.3, 0.4) is 0 Å². The van der Waals surface area contributed by atoms with Gasteiger partial charge in [0, 0.05) is 20.8 Å². The van der Waals surface area contributed by atoms with Crippen molar-refractivity contribution in [3.63, 3.8) is 0 Å². The lowest BCUT2D eigenvalue weighted by atomic mass is 10.3. The fraction of sp³-hybridized carbons (Fsp3) is 0. The minimum absolute atomic E-state index is 0.0452. The average molecular weight is 208 g/mol. The van der Waals surface area contributed by atoms with Crippen LogP contribution in [-0.2, 0) is 0 Å². The summed E-state index contributed by atoms with van der Waals surface area (Å²) < 4.78 is 1.87. The lowest BCUT2D eigenvalue weighted by Gasteiger charge is -1.84. The van der Waals surface area contributed by atoms with E-state index >= 15 is 0 Å². The SMILES string of the molecule is O=c1[nH]cnc2c1sc1cscc12. The number of hydrogen-bond acceptors (Lipinski definition) is 4. The monoisotopic (exact) mass is 208 g/mol. The lowest BCUT2D eigenvalue weighted by Crippen LogP contribution is -2.03. The summed E-state index contributed by atoms with van der Waals surface area (Å²) in [4.78, 5) is 18.1. The number of thiophene rings is 2. The van der Waals surface area contributed by atoms with Crippen LogP contribution in [0.25, 0.3) is 20.3 Å². The fourth-order valence-corrected chi connectivity index (χ4v) is 3.34. The van der Waals surface area contributed by atoms with E-state index in [9.17, 15) is 4.79 Å². The molecule has 0 radical (unpaired) electrons. The molecular formula is C8H4N2OS2. The Balaban J connectivity index is 2.74. The summed E-state index contributed by atoms with van der Waals surface area (Å²) in [5.74, 6) is 0. The van der Waals surface area contributed by atoms with Crippen LogP contribution in [0.4, 0.5) is 0 Å². The first kappa shape index (κ1) is 7.23. The first-order valence-corrected chi connectivity index (χ1v) is 5.44. The van der Waals surface area contributed by atoms with E-state index in [1.165, 1.54) is 17.7 Å². The van der Waals surface area contributed by atoms with Crippen LogP contribution >= 0.6 is 22.7 Å². The van der Waals surface area contributed by atoms with Gasteiger partial charge in [-0.25, -0.2) is 4.98 Å². The van der Waals surface area contributed by atoms with Gasteiger partial charge in [-0.2, -0.15) is 11.3 Å². The van der Waals surface area contributed by atoms with E-state index < -0.39 is 0 Å². The molecule has 13 heavy (non-hydrogen) atoms. The first-order valence-electron chi connectivity index (χ1n) is 3.68. The van der Waals surface area contributed by atoms with Crippen LogP contribution in [0.1, 0.15) is 0 Å². The van der Waals surface area contributed by atoms with Gasteiger partial charge in [0.15, 0.2) is 0 Å². The number of nitrogens with zero attached hydrogens (tertiary/aromatic N) is 1. The molecule has 3 rings (SSSR count). The number of hydrogen-bond donors (Lipinski definition) is 1. The van der Waals surface area contributed by atoms with Crippen LogP contribution < -0.4 is 5.56 Å². The Kier molecular flexibility index (Phi) is 1.33. The number of rotatable bonds is 0. The summed E-state index contributed by atoms with van der Waals surface area (Å²) in [6, 6.07) is 0. The minimum atomic E-state index is -0.0452. The van der Waals surface area contributed by atoms with E-state index in [4.69, 9.17) is 0 Å². The molecule has 3 heterocycles. The largest absolute Gasteiger partial charge is 0.312 e.